The molecule has 9 nitrogen and oxygen atoms in total. The fraction of sp³-hybridized carbons (Fsp3) is 0.429. The van der Waals surface area contributed by atoms with Crippen LogP contribution in [-0.2, 0) is 14.3 Å². The molecule has 9 heteroatoms. The van der Waals surface area contributed by atoms with Crippen LogP contribution in [0.1, 0.15) is 49.2 Å². The fourth-order valence-corrected chi connectivity index (χ4v) is 2.45. The molecule has 0 fully saturated rings. The van der Waals surface area contributed by atoms with Crippen molar-refractivity contribution in [3.8, 4) is 5.75 Å². The lowest BCUT2D eigenvalue weighted by atomic mass is 10.2. The molecule has 1 aromatic carbocycles. The second-order valence-corrected chi connectivity index (χ2v) is 6.61. The van der Waals surface area contributed by atoms with Gasteiger partial charge in [-0.05, 0) is 44.0 Å². The molecule has 30 heavy (non-hydrogen) atoms. The number of unbranched alkanes of at least 4 members (excludes halogenated alkanes) is 1. The molecule has 0 aliphatic rings. The molecular weight excluding hydrogens is 390 g/mol. The van der Waals surface area contributed by atoms with Gasteiger partial charge in [0.2, 0.25) is 0 Å². The Balaban J connectivity index is 1.79. The van der Waals surface area contributed by atoms with E-state index in [1.807, 2.05) is 0 Å². The molecule has 1 atom stereocenters. The molecule has 0 aliphatic heterocycles. The summed E-state index contributed by atoms with van der Waals surface area (Å²) in [6.07, 6.45) is 1.25. The monoisotopic (exact) mass is 417 g/mol. The van der Waals surface area contributed by atoms with Gasteiger partial charge >= 0.3 is 5.97 Å². The summed E-state index contributed by atoms with van der Waals surface area (Å²) in [4.78, 5) is 36.4. The zero-order valence-electron chi connectivity index (χ0n) is 17.4. The number of carbonyl (C=O) groups is 3. The van der Waals surface area contributed by atoms with E-state index in [9.17, 15) is 14.4 Å². The third-order valence-corrected chi connectivity index (χ3v) is 4.09. The van der Waals surface area contributed by atoms with Crippen molar-refractivity contribution >= 4 is 23.6 Å². The highest BCUT2D eigenvalue weighted by Crippen LogP contribution is 2.13. The first-order chi connectivity index (χ1) is 14.4. The van der Waals surface area contributed by atoms with Gasteiger partial charge in [-0.15, -0.1) is 0 Å². The Morgan fingerprint density at radius 2 is 1.90 bits per heavy atom. The van der Waals surface area contributed by atoms with E-state index in [1.54, 1.807) is 44.2 Å². The van der Waals surface area contributed by atoms with Crippen molar-refractivity contribution in [2.75, 3.05) is 18.5 Å². The molecule has 2 amide bonds. The van der Waals surface area contributed by atoms with Crippen molar-refractivity contribution in [1.82, 2.24) is 10.5 Å². The average molecular weight is 417 g/mol. The number of aryl methyl sites for hydroxylation is 1. The molecule has 162 valence electrons. The molecule has 0 aliphatic carbocycles. The summed E-state index contributed by atoms with van der Waals surface area (Å²) >= 11 is 0. The number of nitrogens with one attached hydrogen (secondary N) is 2. The standard InChI is InChI=1S/C21H27N3O6/c1-4-6-11-28-16-9-7-15(8-10-16)20(26)22-13-19(25)29-17(5-2)21(27)23-18-12-14(3)30-24-18/h7-10,12,17H,4-6,11,13H2,1-3H3,(H,22,26)(H,23,24,27). The number of esters is 1. The van der Waals surface area contributed by atoms with E-state index in [0.29, 0.717) is 23.7 Å². The van der Waals surface area contributed by atoms with Crippen molar-refractivity contribution < 1.29 is 28.4 Å². The molecule has 1 heterocycles. The first kappa shape index (κ1) is 22.9. The van der Waals surface area contributed by atoms with Gasteiger partial charge in [0.25, 0.3) is 11.8 Å². The summed E-state index contributed by atoms with van der Waals surface area (Å²) in [7, 11) is 0. The van der Waals surface area contributed by atoms with E-state index >= 15 is 0 Å². The maximum absolute atomic E-state index is 12.2. The number of hydrogen-bond donors (Lipinski definition) is 2. The molecule has 1 unspecified atom stereocenters. The van der Waals surface area contributed by atoms with Crippen LogP contribution in [0.25, 0.3) is 0 Å². The van der Waals surface area contributed by atoms with Crippen molar-refractivity contribution in [2.24, 2.45) is 0 Å². The smallest absolute Gasteiger partial charge is 0.326 e. The minimum atomic E-state index is -1.01. The van der Waals surface area contributed by atoms with E-state index in [1.165, 1.54) is 0 Å². The second-order valence-electron chi connectivity index (χ2n) is 6.61. The maximum Gasteiger partial charge on any atom is 0.326 e. The highest BCUT2D eigenvalue weighted by atomic mass is 16.5. The lowest BCUT2D eigenvalue weighted by Gasteiger charge is -2.15. The summed E-state index contributed by atoms with van der Waals surface area (Å²) in [5, 5.41) is 8.65. The van der Waals surface area contributed by atoms with E-state index in [-0.39, 0.29) is 18.8 Å². The van der Waals surface area contributed by atoms with Crippen LogP contribution >= 0.6 is 0 Å². The van der Waals surface area contributed by atoms with Crippen molar-refractivity contribution in [2.45, 2.75) is 46.1 Å². The molecule has 1 aromatic heterocycles. The Morgan fingerprint density at radius 1 is 1.17 bits per heavy atom. The molecule has 2 rings (SSSR count). The predicted octanol–water partition coefficient (Wildman–Crippen LogP) is 2.85. The summed E-state index contributed by atoms with van der Waals surface area (Å²) in [6.45, 7) is 5.73. The van der Waals surface area contributed by atoms with Gasteiger partial charge in [-0.2, -0.15) is 0 Å². The molecule has 0 spiro atoms. The topological polar surface area (TPSA) is 120 Å². The van der Waals surface area contributed by atoms with Crippen LogP contribution in [0.5, 0.6) is 5.75 Å². The number of carbonyl (C=O) groups excluding carboxylic acids is 3. The summed E-state index contributed by atoms with van der Waals surface area (Å²) in [5.41, 5.74) is 0.386. The Morgan fingerprint density at radius 3 is 2.50 bits per heavy atom. The van der Waals surface area contributed by atoms with E-state index in [4.69, 9.17) is 14.0 Å². The van der Waals surface area contributed by atoms with Gasteiger partial charge in [0, 0.05) is 11.6 Å². The number of aromatic nitrogens is 1. The zero-order chi connectivity index (χ0) is 21.9. The second kappa shape index (κ2) is 11.6. The normalized spacial score (nSPS) is 11.4. The van der Waals surface area contributed by atoms with Gasteiger partial charge in [-0.3, -0.25) is 14.4 Å². The minimum absolute atomic E-state index is 0.238. The Kier molecular flexibility index (Phi) is 8.86. The SMILES string of the molecule is CCCCOc1ccc(C(=O)NCC(=O)OC(CC)C(=O)Nc2cc(C)on2)cc1. The Bertz CT molecular complexity index is 847. The van der Waals surface area contributed by atoms with Gasteiger partial charge in [-0.25, -0.2) is 0 Å². The van der Waals surface area contributed by atoms with Crippen LogP contribution in [0.3, 0.4) is 0 Å². The van der Waals surface area contributed by atoms with Gasteiger partial charge < -0.3 is 24.6 Å². The largest absolute Gasteiger partial charge is 0.494 e. The van der Waals surface area contributed by atoms with Crippen LogP contribution in [0.15, 0.2) is 34.9 Å². The van der Waals surface area contributed by atoms with Crippen LogP contribution in [0, 0.1) is 6.92 Å². The number of hydrogen-bond acceptors (Lipinski definition) is 7. The third-order valence-electron chi connectivity index (χ3n) is 4.09. The Labute approximate surface area is 175 Å². The van der Waals surface area contributed by atoms with Crippen LogP contribution in [-0.4, -0.2) is 42.2 Å². The van der Waals surface area contributed by atoms with E-state index in [2.05, 4.69) is 22.7 Å². The summed E-state index contributed by atoms with van der Waals surface area (Å²) < 4.78 is 15.6. The Hall–Kier alpha value is -3.36. The van der Waals surface area contributed by atoms with Crippen molar-refractivity contribution in [3.63, 3.8) is 0 Å². The number of ether oxygens (including phenoxy) is 2. The first-order valence-electron chi connectivity index (χ1n) is 9.87. The van der Waals surface area contributed by atoms with Crippen molar-refractivity contribution in [3.05, 3.63) is 41.7 Å². The number of anilines is 1. The maximum atomic E-state index is 12.2. The number of benzene rings is 1. The highest BCUT2D eigenvalue weighted by molar-refractivity contribution is 5.97. The number of amides is 2. The quantitative estimate of drug-likeness (QED) is 0.426. The first-order valence-corrected chi connectivity index (χ1v) is 9.87. The zero-order valence-corrected chi connectivity index (χ0v) is 17.4. The summed E-state index contributed by atoms with van der Waals surface area (Å²) in [5.74, 6) is -0.215. The number of rotatable bonds is 11. The lowest BCUT2D eigenvalue weighted by Crippen LogP contribution is -2.37. The summed E-state index contributed by atoms with van der Waals surface area (Å²) in [6, 6.07) is 8.18. The molecular formula is C21H27N3O6. The molecule has 2 N–H and O–H groups in total. The molecule has 0 radical (unpaired) electrons. The van der Waals surface area contributed by atoms with Gasteiger partial charge in [0.15, 0.2) is 11.9 Å². The predicted molar refractivity (Wildman–Crippen MR) is 109 cm³/mol. The molecule has 0 bridgehead atoms. The molecule has 0 saturated carbocycles. The fourth-order valence-electron chi connectivity index (χ4n) is 2.45. The van der Waals surface area contributed by atoms with E-state index in [0.717, 1.165) is 12.8 Å². The highest BCUT2D eigenvalue weighted by Gasteiger charge is 2.22. The third kappa shape index (κ3) is 7.23. The number of nitrogens with zero attached hydrogens (tertiary/aromatic N) is 1. The lowest BCUT2D eigenvalue weighted by molar-refractivity contribution is -0.153. The van der Waals surface area contributed by atoms with Gasteiger partial charge in [0.05, 0.1) is 6.61 Å². The van der Waals surface area contributed by atoms with Gasteiger partial charge in [0.1, 0.15) is 18.1 Å². The minimum Gasteiger partial charge on any atom is -0.494 e. The van der Waals surface area contributed by atoms with Crippen LogP contribution in [0.4, 0.5) is 5.82 Å². The van der Waals surface area contributed by atoms with E-state index < -0.39 is 23.9 Å². The molecule has 0 saturated heterocycles. The van der Waals surface area contributed by atoms with Crippen molar-refractivity contribution in [1.29, 1.82) is 0 Å². The average Bonchev–Trinajstić information content (AvgIpc) is 3.15. The van der Waals surface area contributed by atoms with Crippen LogP contribution < -0.4 is 15.4 Å². The molecule has 2 aromatic rings. The van der Waals surface area contributed by atoms with Crippen LogP contribution in [0.2, 0.25) is 0 Å². The van der Waals surface area contributed by atoms with Gasteiger partial charge in [-0.1, -0.05) is 25.4 Å².